The number of rotatable bonds is 5. The summed E-state index contributed by atoms with van der Waals surface area (Å²) in [6.45, 7) is 10.4. The van der Waals surface area contributed by atoms with Gasteiger partial charge in [0.1, 0.15) is 5.75 Å². The zero-order valence-corrected chi connectivity index (χ0v) is 16.6. The van der Waals surface area contributed by atoms with Gasteiger partial charge in [-0.15, -0.1) is 5.73 Å². The summed E-state index contributed by atoms with van der Waals surface area (Å²) in [5.74, 6) is 0.882. The summed E-state index contributed by atoms with van der Waals surface area (Å²) in [6, 6.07) is 15.7. The van der Waals surface area contributed by atoms with Crippen LogP contribution in [0.4, 0.5) is 0 Å². The molecule has 136 valence electrons. The molecule has 2 aromatic rings. The van der Waals surface area contributed by atoms with E-state index in [1.165, 1.54) is 5.57 Å². The lowest BCUT2D eigenvalue weighted by Crippen LogP contribution is -2.04. The highest BCUT2D eigenvalue weighted by Gasteiger charge is 2.14. The van der Waals surface area contributed by atoms with Crippen LogP contribution in [-0.4, -0.2) is 12.9 Å². The molecule has 0 aromatic heterocycles. The minimum Gasteiger partial charge on any atom is -0.496 e. The monoisotopic (exact) mass is 348 g/mol. The minimum absolute atomic E-state index is 0.0684. The first-order chi connectivity index (χ1) is 12.2. The highest BCUT2D eigenvalue weighted by Crippen LogP contribution is 2.32. The molecule has 0 heterocycles. The van der Waals surface area contributed by atoms with E-state index in [-0.39, 0.29) is 11.2 Å². The van der Waals surface area contributed by atoms with Crippen molar-refractivity contribution < 1.29 is 9.53 Å². The van der Waals surface area contributed by atoms with Gasteiger partial charge in [0.05, 0.1) is 7.11 Å². The van der Waals surface area contributed by atoms with Crippen LogP contribution in [-0.2, 0) is 0 Å². The molecule has 2 aromatic carbocycles. The van der Waals surface area contributed by atoms with Crippen molar-refractivity contribution in [2.75, 3.05) is 7.11 Å². The van der Waals surface area contributed by atoms with Gasteiger partial charge < -0.3 is 4.74 Å². The Bertz CT molecular complexity index is 843. The van der Waals surface area contributed by atoms with Crippen LogP contribution in [0.2, 0.25) is 0 Å². The van der Waals surface area contributed by atoms with E-state index in [4.69, 9.17) is 4.74 Å². The van der Waals surface area contributed by atoms with Crippen molar-refractivity contribution in [2.45, 2.75) is 41.0 Å². The zero-order valence-electron chi connectivity index (χ0n) is 16.6. The summed E-state index contributed by atoms with van der Waals surface area (Å²) in [5.41, 5.74) is 8.70. The van der Waals surface area contributed by atoms with Crippen molar-refractivity contribution in [1.82, 2.24) is 0 Å². The summed E-state index contributed by atoms with van der Waals surface area (Å²) in [6.07, 6.45) is 0.956. The summed E-state index contributed by atoms with van der Waals surface area (Å²) in [5, 5.41) is 0. The van der Waals surface area contributed by atoms with E-state index < -0.39 is 0 Å². The Balaban J connectivity index is 2.66. The Labute approximate surface area is 157 Å². The molecule has 0 bridgehead atoms. The molecule has 0 radical (unpaired) electrons. The number of ether oxygens (including phenoxy) is 1. The number of carbonyl (C=O) groups is 1. The van der Waals surface area contributed by atoms with E-state index in [1.54, 1.807) is 14.0 Å². The summed E-state index contributed by atoms with van der Waals surface area (Å²) in [4.78, 5) is 11.6. The Morgan fingerprint density at radius 1 is 0.962 bits per heavy atom. The lowest BCUT2D eigenvalue weighted by molar-refractivity contribution is 0.101. The van der Waals surface area contributed by atoms with Gasteiger partial charge in [0.25, 0.3) is 0 Å². The molecule has 0 aliphatic heterocycles. The van der Waals surface area contributed by atoms with E-state index in [0.29, 0.717) is 5.56 Å². The smallest absolute Gasteiger partial charge is 0.159 e. The van der Waals surface area contributed by atoms with E-state index in [9.17, 15) is 4.79 Å². The number of hydrogen-bond donors (Lipinski definition) is 0. The minimum atomic E-state index is 0.0684. The number of allylic oxidation sites excluding steroid dienone is 1. The molecule has 0 aliphatic rings. The van der Waals surface area contributed by atoms with Crippen LogP contribution in [0, 0.1) is 5.41 Å². The summed E-state index contributed by atoms with van der Waals surface area (Å²) >= 11 is 0. The van der Waals surface area contributed by atoms with Gasteiger partial charge in [-0.1, -0.05) is 57.2 Å². The molecule has 2 rings (SSSR count). The number of ketones is 1. The lowest BCUT2D eigenvalue weighted by atomic mass is 9.87. The molecule has 0 unspecified atom stereocenters. The van der Waals surface area contributed by atoms with Gasteiger partial charge in [-0.05, 0) is 49.0 Å². The van der Waals surface area contributed by atoms with Gasteiger partial charge in [-0.25, -0.2) is 0 Å². The third-order valence-electron chi connectivity index (χ3n) is 4.09. The number of Topliss-reactive ketones (excluding diaryl/α,β-unsaturated/α-hetero) is 1. The van der Waals surface area contributed by atoms with E-state index in [1.807, 2.05) is 48.5 Å². The van der Waals surface area contributed by atoms with Crippen LogP contribution in [0.1, 0.15) is 62.5 Å². The number of methoxy groups -OCH3 is 1. The largest absolute Gasteiger partial charge is 0.496 e. The maximum atomic E-state index is 11.6. The highest BCUT2D eigenvalue weighted by molar-refractivity contribution is 5.94. The predicted molar refractivity (Wildman–Crippen MR) is 109 cm³/mol. The van der Waals surface area contributed by atoms with Crippen molar-refractivity contribution in [3.8, 4) is 5.75 Å². The van der Waals surface area contributed by atoms with E-state index >= 15 is 0 Å². The van der Waals surface area contributed by atoms with Crippen molar-refractivity contribution in [2.24, 2.45) is 5.41 Å². The molecule has 0 N–H and O–H groups in total. The average Bonchev–Trinajstić information content (AvgIpc) is 2.58. The molecule has 0 aliphatic carbocycles. The van der Waals surface area contributed by atoms with Crippen LogP contribution >= 0.6 is 0 Å². The van der Waals surface area contributed by atoms with Gasteiger partial charge >= 0.3 is 0 Å². The fourth-order valence-corrected chi connectivity index (χ4v) is 3.07. The zero-order chi connectivity index (χ0) is 19.3. The number of para-hydroxylation sites is 1. The molecule has 0 saturated heterocycles. The molecule has 0 spiro atoms. The van der Waals surface area contributed by atoms with Crippen LogP contribution in [0.15, 0.2) is 59.8 Å². The number of carbonyl (C=O) groups excluding carboxylic acids is 1. The molecular weight excluding hydrogens is 320 g/mol. The molecule has 0 amide bonds. The average molecular weight is 348 g/mol. The molecule has 2 nitrogen and oxygen atoms in total. The SMILES string of the molecule is COc1ccccc1C(=C=C(C)CC(C)(C)C)c1ccc(C(C)=O)cc1. The first-order valence-electron chi connectivity index (χ1n) is 8.92. The van der Waals surface area contributed by atoms with Gasteiger partial charge in [0.2, 0.25) is 0 Å². The second kappa shape index (κ2) is 8.21. The Morgan fingerprint density at radius 2 is 1.54 bits per heavy atom. The highest BCUT2D eigenvalue weighted by atomic mass is 16.5. The molecule has 26 heavy (non-hydrogen) atoms. The Morgan fingerprint density at radius 3 is 2.08 bits per heavy atom. The van der Waals surface area contributed by atoms with E-state index in [0.717, 1.165) is 28.9 Å². The van der Waals surface area contributed by atoms with E-state index in [2.05, 4.69) is 33.4 Å². The van der Waals surface area contributed by atoms with Crippen LogP contribution in [0.25, 0.3) is 5.57 Å². The van der Waals surface area contributed by atoms with Crippen molar-refractivity contribution in [3.63, 3.8) is 0 Å². The standard InChI is InChI=1S/C24H28O2/c1-17(16-24(3,4)5)15-22(21-9-7-8-10-23(21)26-6)20-13-11-19(12-14-20)18(2)25/h7-14H,16H2,1-6H3. The molecule has 0 saturated carbocycles. The fraction of sp³-hybridized carbons (Fsp3) is 0.333. The van der Waals surface area contributed by atoms with Crippen LogP contribution in [0.3, 0.4) is 0 Å². The first-order valence-corrected chi connectivity index (χ1v) is 8.92. The summed E-state index contributed by atoms with van der Waals surface area (Å²) < 4.78 is 5.57. The molecule has 0 atom stereocenters. The van der Waals surface area contributed by atoms with Crippen LogP contribution < -0.4 is 4.74 Å². The van der Waals surface area contributed by atoms with Crippen molar-refractivity contribution >= 4 is 11.4 Å². The third kappa shape index (κ3) is 5.21. The normalized spacial score (nSPS) is 10.8. The second-order valence-electron chi connectivity index (χ2n) is 7.85. The van der Waals surface area contributed by atoms with Crippen molar-refractivity contribution in [1.29, 1.82) is 0 Å². The Kier molecular flexibility index (Phi) is 6.23. The lowest BCUT2D eigenvalue weighted by Gasteiger charge is -2.18. The summed E-state index contributed by atoms with van der Waals surface area (Å²) in [7, 11) is 1.68. The van der Waals surface area contributed by atoms with Gasteiger partial charge in [-0.3, -0.25) is 4.79 Å². The predicted octanol–water partition coefficient (Wildman–Crippen LogP) is 6.31. The number of hydrogen-bond acceptors (Lipinski definition) is 2. The third-order valence-corrected chi connectivity index (χ3v) is 4.09. The Hall–Kier alpha value is -2.57. The maximum absolute atomic E-state index is 11.6. The van der Waals surface area contributed by atoms with Crippen LogP contribution in [0.5, 0.6) is 5.75 Å². The molecule has 0 fully saturated rings. The van der Waals surface area contributed by atoms with Gasteiger partial charge in [0.15, 0.2) is 5.78 Å². The second-order valence-corrected chi connectivity index (χ2v) is 7.85. The number of benzene rings is 2. The van der Waals surface area contributed by atoms with Gasteiger partial charge in [-0.2, -0.15) is 0 Å². The van der Waals surface area contributed by atoms with Crippen molar-refractivity contribution in [3.05, 3.63) is 76.5 Å². The topological polar surface area (TPSA) is 26.3 Å². The van der Waals surface area contributed by atoms with Gasteiger partial charge in [0, 0.05) is 16.7 Å². The molecule has 2 heteroatoms. The molecular formula is C24H28O2. The first kappa shape index (κ1) is 19.8. The fourth-order valence-electron chi connectivity index (χ4n) is 3.07. The maximum Gasteiger partial charge on any atom is 0.159 e. The quantitative estimate of drug-likeness (QED) is 0.467.